The fourth-order valence-corrected chi connectivity index (χ4v) is 6.49. The summed E-state index contributed by atoms with van der Waals surface area (Å²) in [5.74, 6) is -0.364. The summed E-state index contributed by atoms with van der Waals surface area (Å²) in [7, 11) is -5.40. The van der Waals surface area contributed by atoms with E-state index in [-0.39, 0.29) is 27.7 Å². The lowest BCUT2D eigenvalue weighted by molar-refractivity contribution is 0.0938. The van der Waals surface area contributed by atoms with Crippen LogP contribution < -0.4 is 10.1 Å². The van der Waals surface area contributed by atoms with Crippen molar-refractivity contribution in [2.75, 3.05) is 31.7 Å². The van der Waals surface area contributed by atoms with Gasteiger partial charge in [0.2, 0.25) is 10.0 Å². The first-order chi connectivity index (χ1) is 12.2. The van der Waals surface area contributed by atoms with Crippen molar-refractivity contribution in [3.63, 3.8) is 0 Å². The lowest BCUT2D eigenvalue weighted by Gasteiger charge is -2.18. The summed E-state index contributed by atoms with van der Waals surface area (Å²) in [5.41, 5.74) is 0.0806. The number of methoxy groups -OCH3 is 1. The third-order valence-electron chi connectivity index (χ3n) is 4.69. The first-order valence-electron chi connectivity index (χ1n) is 8.42. The van der Waals surface area contributed by atoms with Gasteiger partial charge < -0.3 is 10.1 Å². The predicted octanol–water partition coefficient (Wildman–Crippen LogP) is 0.397. The summed E-state index contributed by atoms with van der Waals surface area (Å²) < 4.78 is 55.1. The highest BCUT2D eigenvalue weighted by Crippen LogP contribution is 2.27. The van der Waals surface area contributed by atoms with Gasteiger partial charge in [-0.1, -0.05) is 0 Å². The summed E-state index contributed by atoms with van der Waals surface area (Å²) in [4.78, 5) is 12.6. The van der Waals surface area contributed by atoms with Crippen LogP contribution in [0, 0.1) is 0 Å². The Morgan fingerprint density at radius 1 is 1.27 bits per heavy atom. The second-order valence-corrected chi connectivity index (χ2v) is 10.7. The van der Waals surface area contributed by atoms with Crippen LogP contribution in [-0.4, -0.2) is 64.8 Å². The predicted molar refractivity (Wildman–Crippen MR) is 95.5 cm³/mol. The minimum Gasteiger partial charge on any atom is -0.496 e. The molecule has 0 spiro atoms. The molecule has 1 aromatic carbocycles. The Hall–Kier alpha value is -1.65. The molecule has 2 fully saturated rings. The Morgan fingerprint density at radius 2 is 1.96 bits per heavy atom. The van der Waals surface area contributed by atoms with Gasteiger partial charge in [0.05, 0.1) is 29.1 Å². The van der Waals surface area contributed by atoms with Crippen LogP contribution in [0.3, 0.4) is 0 Å². The lowest BCUT2D eigenvalue weighted by atomic mass is 10.1. The van der Waals surface area contributed by atoms with Crippen LogP contribution >= 0.6 is 0 Å². The summed E-state index contributed by atoms with van der Waals surface area (Å²) >= 11 is 0. The highest BCUT2D eigenvalue weighted by molar-refractivity contribution is 7.91. The number of amides is 1. The van der Waals surface area contributed by atoms with Crippen LogP contribution in [0.15, 0.2) is 23.1 Å². The standard InChI is InChI=1S/C16H22N2O6S2/c1-24-15-5-4-13(26(22,23)18-7-2-3-8-18)10-14(15)16(19)17-12-6-9-25(20,21)11-12/h4-5,10,12H,2-3,6-9,11H2,1H3,(H,17,19). The molecule has 2 saturated heterocycles. The van der Waals surface area contributed by atoms with Crippen LogP contribution in [-0.2, 0) is 19.9 Å². The molecular formula is C16H22N2O6S2. The van der Waals surface area contributed by atoms with Crippen molar-refractivity contribution in [3.8, 4) is 5.75 Å². The quantitative estimate of drug-likeness (QED) is 0.763. The Kier molecular flexibility index (Phi) is 5.27. The van der Waals surface area contributed by atoms with Gasteiger partial charge in [-0.15, -0.1) is 0 Å². The number of nitrogens with zero attached hydrogens (tertiary/aromatic N) is 1. The SMILES string of the molecule is COc1ccc(S(=O)(=O)N2CCCC2)cc1C(=O)NC1CCS(=O)(=O)C1. The Labute approximate surface area is 153 Å². The number of sulfone groups is 1. The number of sulfonamides is 1. The van der Waals surface area contributed by atoms with E-state index in [1.165, 1.54) is 29.6 Å². The number of ether oxygens (including phenoxy) is 1. The third kappa shape index (κ3) is 3.86. The fraction of sp³-hybridized carbons (Fsp3) is 0.562. The van der Waals surface area contributed by atoms with Gasteiger partial charge in [0.1, 0.15) is 5.75 Å². The molecule has 1 N–H and O–H groups in total. The van der Waals surface area contributed by atoms with Gasteiger partial charge in [0, 0.05) is 19.1 Å². The normalized spacial score (nSPS) is 23.0. The second kappa shape index (κ2) is 7.16. The molecule has 0 saturated carbocycles. The molecule has 0 bridgehead atoms. The number of hydrogen-bond donors (Lipinski definition) is 1. The molecule has 2 heterocycles. The fourth-order valence-electron chi connectivity index (χ4n) is 3.27. The smallest absolute Gasteiger partial charge is 0.255 e. The van der Waals surface area contributed by atoms with Crippen molar-refractivity contribution in [1.29, 1.82) is 0 Å². The van der Waals surface area contributed by atoms with Gasteiger partial charge in [-0.2, -0.15) is 4.31 Å². The van der Waals surface area contributed by atoms with E-state index in [9.17, 15) is 21.6 Å². The summed E-state index contributed by atoms with van der Waals surface area (Å²) in [6, 6.07) is 3.69. The number of hydrogen-bond acceptors (Lipinski definition) is 6. The van der Waals surface area contributed by atoms with Crippen LogP contribution in [0.5, 0.6) is 5.75 Å². The van der Waals surface area contributed by atoms with E-state index in [2.05, 4.69) is 5.32 Å². The molecular weight excluding hydrogens is 380 g/mol. The first kappa shape index (κ1) is 19.1. The van der Waals surface area contributed by atoms with Crippen molar-refractivity contribution < 1.29 is 26.4 Å². The van der Waals surface area contributed by atoms with Gasteiger partial charge in [0.25, 0.3) is 5.91 Å². The molecule has 2 aliphatic heterocycles. The largest absolute Gasteiger partial charge is 0.496 e. The number of carbonyl (C=O) groups is 1. The van der Waals surface area contributed by atoms with E-state index in [1.807, 2.05) is 0 Å². The molecule has 10 heteroatoms. The maximum Gasteiger partial charge on any atom is 0.255 e. The number of benzene rings is 1. The van der Waals surface area contributed by atoms with Gasteiger partial charge in [0.15, 0.2) is 9.84 Å². The summed E-state index contributed by atoms with van der Waals surface area (Å²) in [6.45, 7) is 0.936. The zero-order chi connectivity index (χ0) is 18.9. The monoisotopic (exact) mass is 402 g/mol. The third-order valence-corrected chi connectivity index (χ3v) is 8.35. The van der Waals surface area contributed by atoms with Crippen LogP contribution in [0.4, 0.5) is 0 Å². The van der Waals surface area contributed by atoms with Crippen molar-refractivity contribution >= 4 is 25.8 Å². The van der Waals surface area contributed by atoms with E-state index in [1.54, 1.807) is 0 Å². The van der Waals surface area contributed by atoms with Gasteiger partial charge in [-0.25, -0.2) is 16.8 Å². The van der Waals surface area contributed by atoms with E-state index < -0.39 is 31.8 Å². The molecule has 2 aliphatic rings. The lowest BCUT2D eigenvalue weighted by Crippen LogP contribution is -2.36. The maximum absolute atomic E-state index is 12.7. The zero-order valence-corrected chi connectivity index (χ0v) is 16.1. The zero-order valence-electron chi connectivity index (χ0n) is 14.5. The molecule has 0 radical (unpaired) electrons. The summed E-state index contributed by atoms with van der Waals surface area (Å²) in [5, 5.41) is 2.67. The Balaban J connectivity index is 1.87. The number of rotatable bonds is 5. The maximum atomic E-state index is 12.7. The average Bonchev–Trinajstić information content (AvgIpc) is 3.24. The van der Waals surface area contributed by atoms with Gasteiger partial charge in [-0.05, 0) is 37.5 Å². The minimum atomic E-state index is -3.66. The molecule has 1 amide bonds. The van der Waals surface area contributed by atoms with Crippen molar-refractivity contribution in [2.45, 2.75) is 30.2 Å². The molecule has 8 nitrogen and oxygen atoms in total. The molecule has 1 unspecified atom stereocenters. The van der Waals surface area contributed by atoms with E-state index in [4.69, 9.17) is 4.74 Å². The highest BCUT2D eigenvalue weighted by Gasteiger charge is 2.31. The van der Waals surface area contributed by atoms with Gasteiger partial charge >= 0.3 is 0 Å². The van der Waals surface area contributed by atoms with E-state index in [0.29, 0.717) is 19.5 Å². The molecule has 3 rings (SSSR count). The number of nitrogens with one attached hydrogen (secondary N) is 1. The van der Waals surface area contributed by atoms with Crippen LogP contribution in [0.25, 0.3) is 0 Å². The second-order valence-electron chi connectivity index (χ2n) is 6.55. The molecule has 144 valence electrons. The molecule has 26 heavy (non-hydrogen) atoms. The molecule has 1 aromatic rings. The molecule has 1 atom stereocenters. The topological polar surface area (TPSA) is 110 Å². The van der Waals surface area contributed by atoms with Crippen molar-refractivity contribution in [3.05, 3.63) is 23.8 Å². The van der Waals surface area contributed by atoms with Crippen LogP contribution in [0.1, 0.15) is 29.6 Å². The van der Waals surface area contributed by atoms with Crippen molar-refractivity contribution in [2.24, 2.45) is 0 Å². The van der Waals surface area contributed by atoms with Gasteiger partial charge in [-0.3, -0.25) is 4.79 Å². The van der Waals surface area contributed by atoms with Crippen molar-refractivity contribution in [1.82, 2.24) is 9.62 Å². The summed E-state index contributed by atoms with van der Waals surface area (Å²) in [6.07, 6.45) is 1.99. The Morgan fingerprint density at radius 3 is 2.54 bits per heavy atom. The van der Waals surface area contributed by atoms with E-state index >= 15 is 0 Å². The molecule has 0 aliphatic carbocycles. The number of carbonyl (C=O) groups excluding carboxylic acids is 1. The minimum absolute atomic E-state index is 0.0318. The van der Waals surface area contributed by atoms with E-state index in [0.717, 1.165) is 12.8 Å². The highest BCUT2D eigenvalue weighted by atomic mass is 32.2. The first-order valence-corrected chi connectivity index (χ1v) is 11.7. The average molecular weight is 402 g/mol. The van der Waals surface area contributed by atoms with Crippen LogP contribution in [0.2, 0.25) is 0 Å². The Bertz CT molecular complexity index is 905. The molecule has 0 aromatic heterocycles.